The Hall–Kier alpha value is -2.17. The molecule has 1 N–H and O–H groups in total. The molecule has 4 nitrogen and oxygen atoms in total. The number of hydrogen-bond acceptors (Lipinski definition) is 4. The highest BCUT2D eigenvalue weighted by molar-refractivity contribution is 6.31. The molecule has 0 aliphatic rings. The van der Waals surface area contributed by atoms with Crippen molar-refractivity contribution >= 4 is 34.8 Å². The molecule has 0 aliphatic carbocycles. The Balaban J connectivity index is 1.81. The van der Waals surface area contributed by atoms with Crippen molar-refractivity contribution < 1.29 is 0 Å². The molecule has 0 saturated heterocycles. The van der Waals surface area contributed by atoms with E-state index in [-0.39, 0.29) is 10.6 Å². The number of rotatable bonds is 3. The second-order valence-corrected chi connectivity index (χ2v) is 4.94. The largest absolute Gasteiger partial charge is 0.324 e. The van der Waals surface area contributed by atoms with E-state index < -0.39 is 0 Å². The molecule has 21 heavy (non-hydrogen) atoms. The Kier molecular flexibility index (Phi) is 3.99. The van der Waals surface area contributed by atoms with Gasteiger partial charge in [0.1, 0.15) is 0 Å². The van der Waals surface area contributed by atoms with Gasteiger partial charge in [-0.3, -0.25) is 0 Å². The fraction of sp³-hybridized carbons (Fsp3) is 0. The zero-order valence-corrected chi connectivity index (χ0v) is 12.3. The van der Waals surface area contributed by atoms with Gasteiger partial charge in [0.15, 0.2) is 0 Å². The van der Waals surface area contributed by atoms with E-state index in [1.807, 2.05) is 42.5 Å². The topological polar surface area (TPSA) is 50.7 Å². The average molecular weight is 317 g/mol. The molecular weight excluding hydrogens is 307 g/mol. The van der Waals surface area contributed by atoms with Crippen LogP contribution in [0.5, 0.6) is 0 Å². The van der Waals surface area contributed by atoms with Gasteiger partial charge in [0, 0.05) is 5.69 Å². The Morgan fingerprint density at radius 1 is 0.667 bits per heavy atom. The molecule has 0 bridgehead atoms. The smallest absolute Gasteiger partial charge is 0.232 e. The quantitative estimate of drug-likeness (QED) is 0.767. The van der Waals surface area contributed by atoms with Crippen molar-refractivity contribution in [2.45, 2.75) is 0 Å². The molecule has 0 fully saturated rings. The van der Waals surface area contributed by atoms with E-state index in [2.05, 4.69) is 32.4 Å². The summed E-state index contributed by atoms with van der Waals surface area (Å²) in [5.74, 6) is 0.312. The molecule has 6 heteroatoms. The van der Waals surface area contributed by atoms with E-state index in [4.69, 9.17) is 23.2 Å². The standard InChI is InChI=1S/C15H10Cl2N4/c16-13-19-14(17)21-15(20-13)18-12-8-6-11(7-9-12)10-4-2-1-3-5-10/h1-9H,(H,18,19,20,21). The number of hydrogen-bond donors (Lipinski definition) is 1. The Labute approximate surface area is 131 Å². The molecule has 0 amide bonds. The molecular formula is C15H10Cl2N4. The van der Waals surface area contributed by atoms with Crippen LogP contribution in [-0.4, -0.2) is 15.0 Å². The fourth-order valence-corrected chi connectivity index (χ4v) is 2.25. The summed E-state index contributed by atoms with van der Waals surface area (Å²) in [5, 5.41) is 3.14. The molecule has 2 aromatic carbocycles. The van der Waals surface area contributed by atoms with Gasteiger partial charge in [-0.1, -0.05) is 42.5 Å². The minimum atomic E-state index is 0.0541. The second-order valence-electron chi connectivity index (χ2n) is 4.27. The zero-order valence-electron chi connectivity index (χ0n) is 10.8. The number of benzene rings is 2. The van der Waals surface area contributed by atoms with Crippen LogP contribution in [0.3, 0.4) is 0 Å². The van der Waals surface area contributed by atoms with Crippen LogP contribution in [0.1, 0.15) is 0 Å². The lowest BCUT2D eigenvalue weighted by molar-refractivity contribution is 1.05. The summed E-state index contributed by atoms with van der Waals surface area (Å²) in [6, 6.07) is 18.0. The van der Waals surface area contributed by atoms with Crippen molar-refractivity contribution in [2.24, 2.45) is 0 Å². The van der Waals surface area contributed by atoms with Crippen LogP contribution in [0.15, 0.2) is 54.6 Å². The number of nitrogens with zero attached hydrogens (tertiary/aromatic N) is 3. The third-order valence-electron chi connectivity index (χ3n) is 2.83. The van der Waals surface area contributed by atoms with Crippen molar-refractivity contribution in [1.29, 1.82) is 0 Å². The Bertz CT molecular complexity index is 725. The highest BCUT2D eigenvalue weighted by atomic mass is 35.5. The molecule has 0 unspecified atom stereocenters. The van der Waals surface area contributed by atoms with Crippen LogP contribution in [0.2, 0.25) is 10.6 Å². The maximum atomic E-state index is 5.73. The van der Waals surface area contributed by atoms with Crippen LogP contribution < -0.4 is 5.32 Å². The van der Waals surface area contributed by atoms with Crippen molar-refractivity contribution in [1.82, 2.24) is 15.0 Å². The average Bonchev–Trinajstić information content (AvgIpc) is 2.48. The van der Waals surface area contributed by atoms with E-state index >= 15 is 0 Å². The Morgan fingerprint density at radius 3 is 1.86 bits per heavy atom. The van der Waals surface area contributed by atoms with Gasteiger partial charge < -0.3 is 5.32 Å². The first-order valence-electron chi connectivity index (χ1n) is 6.20. The highest BCUT2D eigenvalue weighted by Crippen LogP contribution is 2.22. The van der Waals surface area contributed by atoms with Gasteiger partial charge in [0.05, 0.1) is 0 Å². The highest BCUT2D eigenvalue weighted by Gasteiger charge is 2.04. The summed E-state index contributed by atoms with van der Waals surface area (Å²) >= 11 is 11.5. The van der Waals surface area contributed by atoms with Crippen LogP contribution in [-0.2, 0) is 0 Å². The second kappa shape index (κ2) is 6.08. The molecule has 104 valence electrons. The minimum absolute atomic E-state index is 0.0541. The Morgan fingerprint density at radius 2 is 1.24 bits per heavy atom. The monoisotopic (exact) mass is 316 g/mol. The molecule has 0 aliphatic heterocycles. The van der Waals surface area contributed by atoms with Crippen LogP contribution >= 0.6 is 23.2 Å². The summed E-state index contributed by atoms with van der Waals surface area (Å²) in [6.07, 6.45) is 0. The molecule has 3 aromatic rings. The maximum Gasteiger partial charge on any atom is 0.232 e. The predicted molar refractivity (Wildman–Crippen MR) is 85.0 cm³/mol. The summed E-state index contributed by atoms with van der Waals surface area (Å²) in [7, 11) is 0. The van der Waals surface area contributed by atoms with Gasteiger partial charge >= 0.3 is 0 Å². The van der Waals surface area contributed by atoms with E-state index in [0.29, 0.717) is 5.95 Å². The lowest BCUT2D eigenvalue weighted by Gasteiger charge is -2.06. The third kappa shape index (κ3) is 3.48. The van der Waals surface area contributed by atoms with Gasteiger partial charge in [-0.15, -0.1) is 0 Å². The third-order valence-corrected chi connectivity index (χ3v) is 3.17. The van der Waals surface area contributed by atoms with Crippen molar-refractivity contribution in [2.75, 3.05) is 5.32 Å². The molecule has 1 aromatic heterocycles. The molecule has 1 heterocycles. The number of halogens is 2. The lowest BCUT2D eigenvalue weighted by Crippen LogP contribution is -1.99. The van der Waals surface area contributed by atoms with E-state index in [1.165, 1.54) is 0 Å². The first-order chi connectivity index (χ1) is 10.2. The minimum Gasteiger partial charge on any atom is -0.324 e. The fourth-order valence-electron chi connectivity index (χ4n) is 1.89. The van der Waals surface area contributed by atoms with Crippen LogP contribution in [0.25, 0.3) is 11.1 Å². The first-order valence-corrected chi connectivity index (χ1v) is 6.96. The zero-order chi connectivity index (χ0) is 14.7. The molecule has 0 saturated carbocycles. The van der Waals surface area contributed by atoms with E-state index in [9.17, 15) is 0 Å². The number of nitrogens with one attached hydrogen (secondary N) is 1. The summed E-state index contributed by atoms with van der Waals surface area (Å²) in [6.45, 7) is 0. The first kappa shape index (κ1) is 13.8. The van der Waals surface area contributed by atoms with E-state index in [0.717, 1.165) is 16.8 Å². The van der Waals surface area contributed by atoms with Gasteiger partial charge in [-0.2, -0.15) is 15.0 Å². The number of aromatic nitrogens is 3. The van der Waals surface area contributed by atoms with Crippen molar-refractivity contribution in [3.8, 4) is 11.1 Å². The summed E-state index contributed by atoms with van der Waals surface area (Å²) < 4.78 is 0. The van der Waals surface area contributed by atoms with Crippen LogP contribution in [0, 0.1) is 0 Å². The summed E-state index contributed by atoms with van der Waals surface area (Å²) in [5.41, 5.74) is 3.14. The maximum absolute atomic E-state index is 5.73. The summed E-state index contributed by atoms with van der Waals surface area (Å²) in [4.78, 5) is 11.6. The lowest BCUT2D eigenvalue weighted by atomic mass is 10.1. The molecule has 3 rings (SSSR count). The number of anilines is 2. The van der Waals surface area contributed by atoms with E-state index in [1.54, 1.807) is 0 Å². The van der Waals surface area contributed by atoms with Gasteiger partial charge in [0.2, 0.25) is 16.5 Å². The van der Waals surface area contributed by atoms with Gasteiger partial charge in [-0.05, 0) is 46.5 Å². The normalized spacial score (nSPS) is 10.4. The predicted octanol–water partition coefficient (Wildman–Crippen LogP) is 4.59. The SMILES string of the molecule is Clc1nc(Cl)nc(Nc2ccc(-c3ccccc3)cc2)n1. The van der Waals surface area contributed by atoms with Gasteiger partial charge in [0.25, 0.3) is 0 Å². The molecule has 0 radical (unpaired) electrons. The molecule has 0 atom stereocenters. The molecule has 0 spiro atoms. The van der Waals surface area contributed by atoms with Crippen LogP contribution in [0.4, 0.5) is 11.6 Å². The van der Waals surface area contributed by atoms with Gasteiger partial charge in [-0.25, -0.2) is 0 Å². The van der Waals surface area contributed by atoms with Crippen molar-refractivity contribution in [3.05, 3.63) is 65.2 Å². The van der Waals surface area contributed by atoms with Crippen molar-refractivity contribution in [3.63, 3.8) is 0 Å².